The van der Waals surface area contributed by atoms with Crippen molar-refractivity contribution in [3.63, 3.8) is 0 Å². The summed E-state index contributed by atoms with van der Waals surface area (Å²) in [5.41, 5.74) is 5.72. The number of rotatable bonds is 13. The van der Waals surface area contributed by atoms with Crippen LogP contribution in [0, 0.1) is 0 Å². The molecule has 1 aliphatic heterocycles. The molecule has 0 saturated heterocycles. The third-order valence-electron chi connectivity index (χ3n) is 8.55. The van der Waals surface area contributed by atoms with E-state index >= 15 is 0 Å². The molecular weight excluding hydrogens is 1000 g/mol. The number of thiocarbonyl (C=S) groups is 1. The van der Waals surface area contributed by atoms with E-state index in [2.05, 4.69) is 74.8 Å². The Balaban J connectivity index is 0.000000231. The molecule has 7 aromatic rings. The van der Waals surface area contributed by atoms with Crippen LogP contribution in [0.25, 0.3) is 68.9 Å². The summed E-state index contributed by atoms with van der Waals surface area (Å²) in [6.07, 6.45) is 8.87. The Morgan fingerprint density at radius 3 is 1.67 bits per heavy atom. The second kappa shape index (κ2) is 24.7. The fourth-order valence-corrected chi connectivity index (χ4v) is 8.22. The molecule has 0 fully saturated rings. The first-order valence-electron chi connectivity index (χ1n) is 18.5. The van der Waals surface area contributed by atoms with Gasteiger partial charge >= 0.3 is 25.7 Å². The van der Waals surface area contributed by atoms with Gasteiger partial charge < -0.3 is 29.8 Å². The zero-order valence-electron chi connectivity index (χ0n) is 33.5. The molecule has 0 unspecified atom stereocenters. The fourth-order valence-electron chi connectivity index (χ4n) is 5.81. The number of aromatic nitrogens is 6. The SMILES string of the molecule is FC(F)(F)c1cc(-c2cc(-c3cccc4c3Sc3ccccc3S4)ccn2)[n-]n1.O=CO/C=C/c1ccnc(-c2cc(/C=C/OC=O)cc(-c3cc(/C=C/OC=O)ccn3)n2)c1.[N-]=C=S.[Ru+2]. The number of ether oxygens (including phenoxy) is 3. The minimum atomic E-state index is -4.53. The van der Waals surface area contributed by atoms with Crippen molar-refractivity contribution in [1.82, 2.24) is 30.1 Å². The van der Waals surface area contributed by atoms with E-state index < -0.39 is 11.9 Å². The molecule has 13 nitrogen and oxygen atoms in total. The predicted octanol–water partition coefficient (Wildman–Crippen LogP) is 10.7. The van der Waals surface area contributed by atoms with E-state index in [-0.39, 0.29) is 25.2 Å². The minimum absolute atomic E-state index is 0. The Hall–Kier alpha value is -7.21. The van der Waals surface area contributed by atoms with Crippen LogP contribution in [-0.2, 0) is 54.2 Å². The van der Waals surface area contributed by atoms with Gasteiger partial charge in [-0.25, -0.2) is 4.98 Å². The van der Waals surface area contributed by atoms with Gasteiger partial charge in [-0.15, -0.1) is 0 Å². The van der Waals surface area contributed by atoms with E-state index in [4.69, 9.17) is 5.41 Å². The van der Waals surface area contributed by atoms with Crippen molar-refractivity contribution in [2.75, 3.05) is 0 Å². The molecule has 20 heteroatoms. The van der Waals surface area contributed by atoms with Gasteiger partial charge in [-0.1, -0.05) is 65.7 Å². The number of alkyl halides is 3. The number of benzene rings is 2. The van der Waals surface area contributed by atoms with Crippen LogP contribution in [0.5, 0.6) is 0 Å². The molecule has 0 aliphatic carbocycles. The average Bonchev–Trinajstić information content (AvgIpc) is 3.84. The molecule has 2 aromatic carbocycles. The van der Waals surface area contributed by atoms with E-state index in [9.17, 15) is 27.6 Å². The molecule has 0 spiro atoms. The fraction of sp³-hybridized carbons (Fsp3) is 0.0217. The molecule has 330 valence electrons. The van der Waals surface area contributed by atoms with E-state index in [1.54, 1.807) is 103 Å². The second-order valence-electron chi connectivity index (χ2n) is 12.6. The van der Waals surface area contributed by atoms with E-state index in [1.807, 2.05) is 30.3 Å². The van der Waals surface area contributed by atoms with Crippen molar-refractivity contribution in [2.24, 2.45) is 0 Å². The van der Waals surface area contributed by atoms with Crippen LogP contribution < -0.4 is 5.10 Å². The average molecular weight is 1030 g/mol. The number of pyridine rings is 4. The van der Waals surface area contributed by atoms with Crippen LogP contribution >= 0.6 is 35.7 Å². The Kier molecular flexibility index (Phi) is 18.7. The van der Waals surface area contributed by atoms with Crippen molar-refractivity contribution < 1.29 is 61.2 Å². The van der Waals surface area contributed by atoms with Crippen LogP contribution in [0.15, 0.2) is 154 Å². The van der Waals surface area contributed by atoms with Gasteiger partial charge in [-0.3, -0.25) is 29.3 Å². The summed E-state index contributed by atoms with van der Waals surface area (Å²) >= 11 is 7.11. The normalized spacial score (nSPS) is 11.4. The van der Waals surface area contributed by atoms with Gasteiger partial charge in [0, 0.05) is 43.9 Å². The zero-order chi connectivity index (χ0) is 46.0. The summed E-state index contributed by atoms with van der Waals surface area (Å²) < 4.78 is 52.4. The molecule has 0 N–H and O–H groups in total. The number of carbonyl (C=O) groups is 3. The summed E-state index contributed by atoms with van der Waals surface area (Å²) in [7, 11) is 0. The molecule has 0 saturated carbocycles. The largest absolute Gasteiger partial charge is 2.00 e. The van der Waals surface area contributed by atoms with Crippen LogP contribution in [-0.4, -0.2) is 49.6 Å². The first-order valence-corrected chi connectivity index (χ1v) is 20.5. The van der Waals surface area contributed by atoms with Gasteiger partial charge in [0.2, 0.25) is 0 Å². The summed E-state index contributed by atoms with van der Waals surface area (Å²) in [4.78, 5) is 53.5. The molecule has 0 bridgehead atoms. The molecule has 8 rings (SSSR count). The van der Waals surface area contributed by atoms with Crippen LogP contribution in [0.2, 0.25) is 0 Å². The quantitative estimate of drug-likeness (QED) is 0.0266. The Labute approximate surface area is 400 Å². The van der Waals surface area contributed by atoms with Gasteiger partial charge in [0.1, 0.15) is 5.69 Å². The number of hydrogen-bond acceptors (Lipinski definition) is 14. The third kappa shape index (κ3) is 13.7. The minimum Gasteiger partial charge on any atom is -0.753 e. The maximum Gasteiger partial charge on any atom is 2.00 e. The van der Waals surface area contributed by atoms with Crippen molar-refractivity contribution >= 4 is 78.5 Å². The maximum atomic E-state index is 12.8. The predicted molar refractivity (Wildman–Crippen MR) is 241 cm³/mol. The second-order valence-corrected chi connectivity index (χ2v) is 15.0. The maximum absolute atomic E-state index is 12.8. The molecule has 0 amide bonds. The number of fused-ring (bicyclic) bond motifs is 2. The molecule has 1 aliphatic rings. The number of halogens is 3. The summed E-state index contributed by atoms with van der Waals surface area (Å²) in [6, 6.07) is 29.4. The first kappa shape index (κ1) is 49.8. The van der Waals surface area contributed by atoms with Gasteiger partial charge in [0.25, 0.3) is 19.4 Å². The van der Waals surface area contributed by atoms with Crippen molar-refractivity contribution in [3.8, 4) is 45.3 Å². The smallest absolute Gasteiger partial charge is 0.753 e. The Morgan fingerprint density at radius 1 is 0.621 bits per heavy atom. The van der Waals surface area contributed by atoms with E-state index in [0.29, 0.717) is 53.4 Å². The van der Waals surface area contributed by atoms with Gasteiger partial charge in [-0.05, 0) is 119 Å². The number of hydrogen-bond donors (Lipinski definition) is 0. The van der Waals surface area contributed by atoms with Crippen LogP contribution in [0.4, 0.5) is 13.2 Å². The number of nitrogens with zero attached hydrogens (tertiary/aromatic N) is 7. The van der Waals surface area contributed by atoms with Crippen molar-refractivity contribution in [3.05, 3.63) is 162 Å². The molecule has 66 heavy (non-hydrogen) atoms. The van der Waals surface area contributed by atoms with Crippen LogP contribution in [0.3, 0.4) is 0 Å². The summed E-state index contributed by atoms with van der Waals surface area (Å²) in [5.74, 6) is 0. The Morgan fingerprint density at radius 2 is 1.12 bits per heavy atom. The van der Waals surface area contributed by atoms with Crippen LogP contribution in [0.1, 0.15) is 22.4 Å². The monoisotopic (exact) mass is 1030 g/mol. The molecular formula is C46H28F3N7O6RuS3. The topological polar surface area (TPSA) is 180 Å². The van der Waals surface area contributed by atoms with E-state index in [1.165, 1.54) is 33.7 Å². The van der Waals surface area contributed by atoms with Gasteiger partial charge in [-0.2, -0.15) is 18.3 Å². The molecule has 0 radical (unpaired) electrons. The summed E-state index contributed by atoms with van der Waals surface area (Å²) in [6.45, 7) is 0.965. The van der Waals surface area contributed by atoms with Gasteiger partial charge in [0.15, 0.2) is 0 Å². The molecule has 6 heterocycles. The molecule has 0 atom stereocenters. The van der Waals surface area contributed by atoms with Crippen molar-refractivity contribution in [1.29, 1.82) is 0 Å². The number of carbonyl (C=O) groups excluding carboxylic acids is 3. The third-order valence-corrected chi connectivity index (χ3v) is 11.2. The standard InChI is InChI=1S/C24H17N3O6.C21H11F3N3S2.CNS.Ru/c28-15-31-8-3-18-1-6-25-21(11-18)23-13-20(5-10-33-17-30)14-24(27-23)22-12-19(2-7-26-22)4-9-32-16-29;22-21(23,24)19-11-15(26-27-19)14-10-12(8-9-25-14)13-4-3-7-18-20(13)29-17-6-2-1-5-16(17)28-18;2-1-3;/h1-17H;1-11H;;/q;2*-1;+2/b8-3+,9-4+,10-5+;;;. The Bertz CT molecular complexity index is 2860. The number of isothiocyanates is 1. The van der Waals surface area contributed by atoms with Crippen molar-refractivity contribution in [2.45, 2.75) is 25.8 Å². The molecule has 5 aromatic heterocycles. The van der Waals surface area contributed by atoms with Gasteiger partial charge in [0.05, 0.1) is 41.6 Å². The zero-order valence-corrected chi connectivity index (χ0v) is 37.6. The van der Waals surface area contributed by atoms with E-state index in [0.717, 1.165) is 38.1 Å². The summed E-state index contributed by atoms with van der Waals surface area (Å²) in [5, 5.41) is 15.4. The first-order chi connectivity index (χ1) is 31.6.